The highest BCUT2D eigenvalue weighted by molar-refractivity contribution is 5.73. The van der Waals surface area contributed by atoms with Crippen molar-refractivity contribution in [1.29, 1.82) is 0 Å². The third-order valence-corrected chi connectivity index (χ3v) is 5.73. The molecular weight excluding hydrogens is 373 g/mol. The summed E-state index contributed by atoms with van der Waals surface area (Å²) in [6.45, 7) is 3.56. The second-order valence-corrected chi connectivity index (χ2v) is 7.55. The highest BCUT2D eigenvalue weighted by atomic mass is 19.1. The quantitative estimate of drug-likeness (QED) is 0.586. The predicted octanol–water partition coefficient (Wildman–Crippen LogP) is 2.95. The van der Waals surface area contributed by atoms with E-state index < -0.39 is 0 Å². The summed E-state index contributed by atoms with van der Waals surface area (Å²) in [5.41, 5.74) is 2.45. The van der Waals surface area contributed by atoms with Gasteiger partial charge in [0, 0.05) is 30.8 Å². The molecule has 1 fully saturated rings. The molecule has 0 spiro atoms. The Hall–Kier alpha value is -3.16. The largest absolute Gasteiger partial charge is 0.491 e. The number of rotatable bonds is 0. The zero-order valence-electron chi connectivity index (χ0n) is 16.2. The molecule has 3 aromatic rings. The van der Waals surface area contributed by atoms with Gasteiger partial charge in [-0.2, -0.15) is 5.10 Å². The summed E-state index contributed by atoms with van der Waals surface area (Å²) in [6, 6.07) is 6.59. The Morgan fingerprint density at radius 2 is 2.17 bits per heavy atom. The average Bonchev–Trinajstić information content (AvgIpc) is 3.34. The lowest BCUT2D eigenvalue weighted by Gasteiger charge is -2.27. The first-order chi connectivity index (χ1) is 14.1. The Kier molecular flexibility index (Phi) is 4.34. The topological polar surface area (TPSA) is 63.0 Å². The molecule has 0 N–H and O–H groups in total. The third kappa shape index (κ3) is 3.18. The first-order valence-electron chi connectivity index (χ1n) is 9.88. The van der Waals surface area contributed by atoms with E-state index in [9.17, 15) is 9.18 Å². The van der Waals surface area contributed by atoms with Gasteiger partial charge in [-0.3, -0.25) is 4.79 Å². The maximum Gasteiger partial charge on any atom is 0.219 e. The van der Waals surface area contributed by atoms with Crippen molar-refractivity contribution in [3.63, 3.8) is 0 Å². The molecule has 8 heteroatoms. The zero-order valence-corrected chi connectivity index (χ0v) is 16.2. The van der Waals surface area contributed by atoms with E-state index in [0.717, 1.165) is 42.0 Å². The fraction of sp³-hybridized carbons (Fsp3) is 0.381. The minimum atomic E-state index is -0.282. The van der Waals surface area contributed by atoms with Crippen molar-refractivity contribution in [2.75, 3.05) is 24.6 Å². The molecule has 0 radical (unpaired) electrons. The summed E-state index contributed by atoms with van der Waals surface area (Å²) in [4.78, 5) is 21.0. The number of fused-ring (bicyclic) bond motifs is 5. The van der Waals surface area contributed by atoms with Crippen LogP contribution in [0, 0.1) is 5.82 Å². The van der Waals surface area contributed by atoms with Gasteiger partial charge in [-0.1, -0.05) is 0 Å². The highest BCUT2D eigenvalue weighted by Gasteiger charge is 2.30. The van der Waals surface area contributed by atoms with E-state index >= 15 is 0 Å². The molecule has 150 valence electrons. The van der Waals surface area contributed by atoms with Gasteiger partial charge in [0.15, 0.2) is 5.65 Å². The molecule has 7 nitrogen and oxygen atoms in total. The summed E-state index contributed by atoms with van der Waals surface area (Å²) in [5.74, 6) is 1.16. The molecule has 1 amide bonds. The van der Waals surface area contributed by atoms with Crippen molar-refractivity contribution in [2.24, 2.45) is 0 Å². The Morgan fingerprint density at radius 1 is 1.28 bits per heavy atom. The number of nitrogens with zero attached hydrogens (tertiary/aromatic N) is 5. The van der Waals surface area contributed by atoms with E-state index in [1.165, 1.54) is 6.07 Å². The molecular formula is C21H22FN5O2. The molecule has 2 aliphatic heterocycles. The standard InChI is InChI=1S/C21H22FN5O2/c1-14(28)25-9-10-29-19-5-4-16(22)11-17(19)18-3-2-7-26(18)20-6-8-27-21(24-20)15(13-25)12-23-27/h4-6,8,11-12,18H,2-3,7,9-10,13H2,1H3. The maximum absolute atomic E-state index is 14.1. The summed E-state index contributed by atoms with van der Waals surface area (Å²) >= 11 is 0. The molecule has 5 rings (SSSR count). The molecule has 2 bridgehead atoms. The van der Waals surface area contributed by atoms with E-state index in [-0.39, 0.29) is 17.8 Å². The number of carbonyl (C=O) groups excluding carboxylic acids is 1. The van der Waals surface area contributed by atoms with Crippen molar-refractivity contribution in [3.8, 4) is 5.75 Å². The molecule has 1 saturated heterocycles. The van der Waals surface area contributed by atoms with Gasteiger partial charge < -0.3 is 14.5 Å². The lowest BCUT2D eigenvalue weighted by molar-refractivity contribution is -0.129. The van der Waals surface area contributed by atoms with Gasteiger partial charge in [0.2, 0.25) is 5.91 Å². The number of anilines is 1. The lowest BCUT2D eigenvalue weighted by atomic mass is 10.0. The molecule has 0 saturated carbocycles. The summed E-state index contributed by atoms with van der Waals surface area (Å²) < 4.78 is 21.9. The van der Waals surface area contributed by atoms with E-state index in [1.807, 2.05) is 12.3 Å². The second-order valence-electron chi connectivity index (χ2n) is 7.55. The van der Waals surface area contributed by atoms with Crippen molar-refractivity contribution >= 4 is 17.4 Å². The van der Waals surface area contributed by atoms with Crippen LogP contribution in [0.1, 0.15) is 36.9 Å². The number of halogens is 1. The molecule has 1 atom stereocenters. The first kappa shape index (κ1) is 17.9. The number of carbonyl (C=O) groups is 1. The Bertz CT molecular complexity index is 1080. The Morgan fingerprint density at radius 3 is 3.03 bits per heavy atom. The van der Waals surface area contributed by atoms with E-state index in [2.05, 4.69) is 10.00 Å². The van der Waals surface area contributed by atoms with Crippen molar-refractivity contribution in [1.82, 2.24) is 19.5 Å². The van der Waals surface area contributed by atoms with Gasteiger partial charge in [-0.05, 0) is 37.1 Å². The SMILES string of the molecule is CC(=O)N1CCOc2ccc(F)cc2C2CCCN2c2ccn3ncc(c3n2)C1. The fourth-order valence-corrected chi connectivity index (χ4v) is 4.27. The van der Waals surface area contributed by atoms with E-state index in [4.69, 9.17) is 9.72 Å². The molecule has 4 heterocycles. The maximum atomic E-state index is 14.1. The molecule has 0 aliphatic carbocycles. The molecule has 2 aliphatic rings. The van der Waals surface area contributed by atoms with Gasteiger partial charge in [-0.25, -0.2) is 13.9 Å². The monoisotopic (exact) mass is 395 g/mol. The number of aromatic nitrogens is 3. The molecule has 29 heavy (non-hydrogen) atoms. The van der Waals surface area contributed by atoms with Crippen LogP contribution in [-0.2, 0) is 11.3 Å². The van der Waals surface area contributed by atoms with Crippen LogP contribution in [0.4, 0.5) is 10.2 Å². The van der Waals surface area contributed by atoms with Gasteiger partial charge in [0.25, 0.3) is 0 Å². The van der Waals surface area contributed by atoms with Crippen LogP contribution in [0.25, 0.3) is 5.65 Å². The number of hydrogen-bond acceptors (Lipinski definition) is 5. The first-order valence-corrected chi connectivity index (χ1v) is 9.88. The van der Waals surface area contributed by atoms with E-state index in [0.29, 0.717) is 25.4 Å². The van der Waals surface area contributed by atoms with E-state index in [1.54, 1.807) is 34.7 Å². The van der Waals surface area contributed by atoms with Crippen LogP contribution in [0.3, 0.4) is 0 Å². The lowest BCUT2D eigenvalue weighted by Crippen LogP contribution is -2.32. The zero-order chi connectivity index (χ0) is 20.0. The predicted molar refractivity (Wildman–Crippen MR) is 105 cm³/mol. The van der Waals surface area contributed by atoms with Gasteiger partial charge in [0.1, 0.15) is 24.0 Å². The molecule has 1 unspecified atom stereocenters. The Labute approximate surface area is 167 Å². The summed E-state index contributed by atoms with van der Waals surface area (Å²) in [6.07, 6.45) is 5.54. The number of benzene rings is 1. The average molecular weight is 395 g/mol. The van der Waals surface area contributed by atoms with Crippen LogP contribution >= 0.6 is 0 Å². The highest BCUT2D eigenvalue weighted by Crippen LogP contribution is 2.40. The van der Waals surface area contributed by atoms with Gasteiger partial charge in [0.05, 0.1) is 25.3 Å². The number of amides is 1. The van der Waals surface area contributed by atoms with Crippen LogP contribution < -0.4 is 9.64 Å². The van der Waals surface area contributed by atoms with Crippen molar-refractivity contribution in [3.05, 3.63) is 53.6 Å². The van der Waals surface area contributed by atoms with Gasteiger partial charge in [-0.15, -0.1) is 0 Å². The molecule has 2 aromatic heterocycles. The minimum Gasteiger partial charge on any atom is -0.491 e. The third-order valence-electron chi connectivity index (χ3n) is 5.73. The van der Waals surface area contributed by atoms with Crippen LogP contribution in [0.15, 0.2) is 36.7 Å². The summed E-state index contributed by atoms with van der Waals surface area (Å²) in [7, 11) is 0. The summed E-state index contributed by atoms with van der Waals surface area (Å²) in [5, 5.41) is 4.38. The van der Waals surface area contributed by atoms with Crippen LogP contribution in [0.2, 0.25) is 0 Å². The van der Waals surface area contributed by atoms with Gasteiger partial charge >= 0.3 is 0 Å². The second kappa shape index (κ2) is 7.02. The Balaban J connectivity index is 1.66. The normalized spacial score (nSPS) is 19.2. The van der Waals surface area contributed by atoms with Crippen molar-refractivity contribution in [2.45, 2.75) is 32.4 Å². The van der Waals surface area contributed by atoms with Crippen molar-refractivity contribution < 1.29 is 13.9 Å². The number of ether oxygens (including phenoxy) is 1. The molecule has 1 aromatic carbocycles. The smallest absolute Gasteiger partial charge is 0.219 e. The van der Waals surface area contributed by atoms with Crippen LogP contribution in [0.5, 0.6) is 5.75 Å². The minimum absolute atomic E-state index is 0.00770. The van der Waals surface area contributed by atoms with Crippen LogP contribution in [-0.4, -0.2) is 45.1 Å². The number of hydrogen-bond donors (Lipinski definition) is 0. The fourth-order valence-electron chi connectivity index (χ4n) is 4.27.